The third kappa shape index (κ3) is 3.17. The number of benzene rings is 1. The summed E-state index contributed by atoms with van der Waals surface area (Å²) in [6.45, 7) is 2.56. The summed E-state index contributed by atoms with van der Waals surface area (Å²) >= 11 is 5.30. The van der Waals surface area contributed by atoms with Crippen molar-refractivity contribution < 1.29 is 0 Å². The lowest BCUT2D eigenvalue weighted by Crippen LogP contribution is -2.28. The molecule has 0 bridgehead atoms. The molecule has 0 amide bonds. The first kappa shape index (κ1) is 13.5. The Morgan fingerprint density at radius 1 is 1.19 bits per heavy atom. The lowest BCUT2D eigenvalue weighted by atomic mass is 10.2. The number of thiocarbonyl (C=S) groups is 1. The summed E-state index contributed by atoms with van der Waals surface area (Å²) in [7, 11) is 0. The van der Waals surface area contributed by atoms with Crippen LogP contribution < -0.4 is 10.6 Å². The number of hydrogen-bond acceptors (Lipinski definition) is 3. The van der Waals surface area contributed by atoms with Crippen molar-refractivity contribution in [2.75, 3.05) is 5.32 Å². The van der Waals surface area contributed by atoms with Gasteiger partial charge in [0.05, 0.1) is 6.54 Å². The van der Waals surface area contributed by atoms with Gasteiger partial charge < -0.3 is 10.6 Å². The minimum absolute atomic E-state index is 0.517. The zero-order chi connectivity index (χ0) is 14.7. The lowest BCUT2D eigenvalue weighted by Gasteiger charge is -2.10. The molecule has 0 aliphatic rings. The molecule has 0 atom stereocenters. The number of rotatable bonds is 3. The standard InChI is InChI=1S/C15H15N5S/c1-11-5-4-6-12(9-11)17-15(21)16-10-14-19-18-13-7-2-3-8-20(13)14/h2-9H,10H2,1H3,(H2,16,17,21). The van der Waals surface area contributed by atoms with Crippen molar-refractivity contribution in [3.63, 3.8) is 0 Å². The number of aromatic nitrogens is 3. The minimum Gasteiger partial charge on any atom is -0.355 e. The maximum absolute atomic E-state index is 5.30. The Bertz CT molecular complexity index is 780. The molecule has 106 valence electrons. The first-order valence-corrected chi connectivity index (χ1v) is 7.03. The largest absolute Gasteiger partial charge is 0.355 e. The van der Waals surface area contributed by atoms with Crippen molar-refractivity contribution in [2.24, 2.45) is 0 Å². The van der Waals surface area contributed by atoms with Crippen molar-refractivity contribution in [1.29, 1.82) is 0 Å². The number of aryl methyl sites for hydroxylation is 1. The van der Waals surface area contributed by atoms with E-state index in [9.17, 15) is 0 Å². The molecule has 2 N–H and O–H groups in total. The number of pyridine rings is 1. The van der Waals surface area contributed by atoms with E-state index in [1.165, 1.54) is 5.56 Å². The van der Waals surface area contributed by atoms with Gasteiger partial charge in [0.15, 0.2) is 16.6 Å². The van der Waals surface area contributed by atoms with Crippen molar-refractivity contribution in [2.45, 2.75) is 13.5 Å². The molecule has 0 spiro atoms. The lowest BCUT2D eigenvalue weighted by molar-refractivity contribution is 0.813. The summed E-state index contributed by atoms with van der Waals surface area (Å²) in [6, 6.07) is 13.9. The van der Waals surface area contributed by atoms with E-state index in [2.05, 4.69) is 20.8 Å². The Morgan fingerprint density at radius 3 is 2.95 bits per heavy atom. The second kappa shape index (κ2) is 5.88. The van der Waals surface area contributed by atoms with Gasteiger partial charge in [0.2, 0.25) is 0 Å². The Balaban J connectivity index is 1.63. The van der Waals surface area contributed by atoms with E-state index in [1.54, 1.807) is 0 Å². The molecular formula is C15H15N5S. The molecule has 0 aliphatic heterocycles. The number of hydrogen-bond donors (Lipinski definition) is 2. The van der Waals surface area contributed by atoms with E-state index in [-0.39, 0.29) is 0 Å². The van der Waals surface area contributed by atoms with Gasteiger partial charge in [-0.25, -0.2) is 0 Å². The van der Waals surface area contributed by atoms with E-state index in [4.69, 9.17) is 12.2 Å². The summed E-state index contributed by atoms with van der Waals surface area (Å²) in [4.78, 5) is 0. The van der Waals surface area contributed by atoms with E-state index in [1.807, 2.05) is 60.0 Å². The van der Waals surface area contributed by atoms with Crippen molar-refractivity contribution in [3.05, 3.63) is 60.0 Å². The van der Waals surface area contributed by atoms with E-state index >= 15 is 0 Å². The molecule has 2 heterocycles. The van der Waals surface area contributed by atoms with Crippen LogP contribution in [-0.4, -0.2) is 19.7 Å². The van der Waals surface area contributed by atoms with Gasteiger partial charge in [-0.1, -0.05) is 18.2 Å². The Hall–Kier alpha value is -2.47. The third-order valence-corrected chi connectivity index (χ3v) is 3.31. The Morgan fingerprint density at radius 2 is 2.10 bits per heavy atom. The molecule has 0 radical (unpaired) electrons. The first-order chi connectivity index (χ1) is 10.2. The average molecular weight is 297 g/mol. The highest BCUT2D eigenvalue weighted by Gasteiger charge is 2.05. The van der Waals surface area contributed by atoms with Gasteiger partial charge in [-0.05, 0) is 49.0 Å². The molecule has 1 aromatic carbocycles. The van der Waals surface area contributed by atoms with Crippen molar-refractivity contribution in [1.82, 2.24) is 19.9 Å². The van der Waals surface area contributed by atoms with Crippen LogP contribution in [0, 0.1) is 6.92 Å². The Labute approximate surface area is 128 Å². The predicted octanol–water partition coefficient (Wildman–Crippen LogP) is 2.52. The molecule has 0 saturated heterocycles. The van der Waals surface area contributed by atoms with Gasteiger partial charge in [-0.3, -0.25) is 4.40 Å². The molecule has 6 heteroatoms. The quantitative estimate of drug-likeness (QED) is 0.728. The maximum atomic E-state index is 5.30. The Kier molecular flexibility index (Phi) is 3.79. The number of anilines is 1. The highest BCUT2D eigenvalue weighted by atomic mass is 32.1. The molecule has 2 aromatic heterocycles. The molecule has 5 nitrogen and oxygen atoms in total. The van der Waals surface area contributed by atoms with Crippen LogP contribution in [0.1, 0.15) is 11.4 Å². The molecule has 0 unspecified atom stereocenters. The maximum Gasteiger partial charge on any atom is 0.171 e. The molecular weight excluding hydrogens is 282 g/mol. The zero-order valence-corrected chi connectivity index (χ0v) is 12.4. The van der Waals surface area contributed by atoms with Gasteiger partial charge in [0.1, 0.15) is 0 Å². The van der Waals surface area contributed by atoms with Crippen LogP contribution in [0.2, 0.25) is 0 Å². The third-order valence-electron chi connectivity index (χ3n) is 3.07. The van der Waals surface area contributed by atoms with Gasteiger partial charge in [0.25, 0.3) is 0 Å². The summed E-state index contributed by atoms with van der Waals surface area (Å²) in [5, 5.41) is 15.1. The summed E-state index contributed by atoms with van der Waals surface area (Å²) in [5.41, 5.74) is 2.98. The minimum atomic E-state index is 0.517. The van der Waals surface area contributed by atoms with Crippen LogP contribution in [-0.2, 0) is 6.54 Å². The molecule has 21 heavy (non-hydrogen) atoms. The van der Waals surface area contributed by atoms with Crippen LogP contribution in [0.15, 0.2) is 48.7 Å². The zero-order valence-electron chi connectivity index (χ0n) is 11.6. The van der Waals surface area contributed by atoms with Gasteiger partial charge >= 0.3 is 0 Å². The highest BCUT2D eigenvalue weighted by molar-refractivity contribution is 7.80. The van der Waals surface area contributed by atoms with Crippen molar-refractivity contribution in [3.8, 4) is 0 Å². The van der Waals surface area contributed by atoms with Gasteiger partial charge in [0, 0.05) is 11.9 Å². The summed E-state index contributed by atoms with van der Waals surface area (Å²) in [5.74, 6) is 0.819. The fraction of sp³-hybridized carbons (Fsp3) is 0.133. The highest BCUT2D eigenvalue weighted by Crippen LogP contribution is 2.09. The fourth-order valence-corrected chi connectivity index (χ4v) is 2.26. The number of fused-ring (bicyclic) bond motifs is 1. The van der Waals surface area contributed by atoms with Crippen LogP contribution in [0.5, 0.6) is 0 Å². The molecule has 0 aliphatic carbocycles. The second-order valence-electron chi connectivity index (χ2n) is 4.72. The first-order valence-electron chi connectivity index (χ1n) is 6.62. The van der Waals surface area contributed by atoms with E-state index in [0.717, 1.165) is 17.2 Å². The smallest absolute Gasteiger partial charge is 0.171 e. The molecule has 3 rings (SSSR count). The van der Waals surface area contributed by atoms with E-state index in [0.29, 0.717) is 11.7 Å². The molecule has 0 saturated carbocycles. The topological polar surface area (TPSA) is 54.2 Å². The van der Waals surface area contributed by atoms with Crippen LogP contribution in [0.3, 0.4) is 0 Å². The average Bonchev–Trinajstić information content (AvgIpc) is 2.88. The number of nitrogens with one attached hydrogen (secondary N) is 2. The molecule has 3 aromatic rings. The fourth-order valence-electron chi connectivity index (χ4n) is 2.07. The summed E-state index contributed by atoms with van der Waals surface area (Å²) < 4.78 is 1.93. The molecule has 0 fully saturated rings. The second-order valence-corrected chi connectivity index (χ2v) is 5.13. The number of nitrogens with zero attached hydrogens (tertiary/aromatic N) is 3. The van der Waals surface area contributed by atoms with Crippen LogP contribution in [0.4, 0.5) is 5.69 Å². The van der Waals surface area contributed by atoms with Gasteiger partial charge in [-0.2, -0.15) is 0 Å². The van der Waals surface area contributed by atoms with Crippen LogP contribution >= 0.6 is 12.2 Å². The van der Waals surface area contributed by atoms with Crippen molar-refractivity contribution >= 4 is 28.7 Å². The van der Waals surface area contributed by atoms with E-state index < -0.39 is 0 Å². The SMILES string of the molecule is Cc1cccc(NC(=S)NCc2nnc3ccccn23)c1. The predicted molar refractivity (Wildman–Crippen MR) is 87.2 cm³/mol. The van der Waals surface area contributed by atoms with Gasteiger partial charge in [-0.15, -0.1) is 10.2 Å². The monoisotopic (exact) mass is 297 g/mol. The van der Waals surface area contributed by atoms with Crippen LogP contribution in [0.25, 0.3) is 5.65 Å². The normalized spacial score (nSPS) is 10.5. The summed E-state index contributed by atoms with van der Waals surface area (Å²) in [6.07, 6.45) is 1.93.